The molecule has 1 N–H and O–H groups in total. The van der Waals surface area contributed by atoms with E-state index in [1.54, 1.807) is 0 Å². The van der Waals surface area contributed by atoms with E-state index in [1.165, 1.54) is 6.20 Å². The summed E-state index contributed by atoms with van der Waals surface area (Å²) in [6.45, 7) is 2.77. The Hall–Kier alpha value is -1.86. The maximum atomic E-state index is 12.5. The average Bonchev–Trinajstić information content (AvgIpc) is 2.45. The SMILES string of the molecule is C[C@@H](CC(=O)c1ncc2c(n1)N[C@H]1CCCN2C1)C(F)(F)F. The van der Waals surface area contributed by atoms with E-state index in [0.717, 1.165) is 38.5 Å². The number of rotatable bonds is 3. The summed E-state index contributed by atoms with van der Waals surface area (Å²) >= 11 is 0. The Morgan fingerprint density at radius 2 is 2.32 bits per heavy atom. The molecule has 22 heavy (non-hydrogen) atoms. The standard InChI is InChI=1S/C14H17F3N4O/c1-8(14(15,16)17)5-11(22)13-18-6-10-12(20-13)19-9-3-2-4-21(10)7-9/h6,8-9H,2-5,7H2,1H3,(H,18,19,20)/t8-,9-/m0/s1. The Morgan fingerprint density at radius 3 is 3.05 bits per heavy atom. The van der Waals surface area contributed by atoms with Crippen molar-refractivity contribution in [2.75, 3.05) is 23.3 Å². The number of carbonyl (C=O) groups is 1. The number of alkyl halides is 3. The number of nitrogens with zero attached hydrogens (tertiary/aromatic N) is 3. The lowest BCUT2D eigenvalue weighted by molar-refractivity contribution is -0.168. The van der Waals surface area contributed by atoms with E-state index in [2.05, 4.69) is 20.2 Å². The van der Waals surface area contributed by atoms with Crippen LogP contribution in [0.5, 0.6) is 0 Å². The molecule has 0 amide bonds. The Bertz CT molecular complexity index is 590. The molecule has 1 aromatic rings. The monoisotopic (exact) mass is 314 g/mol. The van der Waals surface area contributed by atoms with Gasteiger partial charge in [0.25, 0.3) is 0 Å². The summed E-state index contributed by atoms with van der Waals surface area (Å²) in [5.74, 6) is -1.98. The van der Waals surface area contributed by atoms with Crippen LogP contribution < -0.4 is 10.2 Å². The fourth-order valence-electron chi connectivity index (χ4n) is 2.84. The van der Waals surface area contributed by atoms with Crippen molar-refractivity contribution in [1.29, 1.82) is 0 Å². The van der Waals surface area contributed by atoms with E-state index in [9.17, 15) is 18.0 Å². The number of anilines is 2. The first-order chi connectivity index (χ1) is 10.3. The summed E-state index contributed by atoms with van der Waals surface area (Å²) < 4.78 is 37.6. The quantitative estimate of drug-likeness (QED) is 0.869. The van der Waals surface area contributed by atoms with Gasteiger partial charge in [0, 0.05) is 25.6 Å². The number of carbonyl (C=O) groups excluding carboxylic acids is 1. The molecule has 2 aliphatic heterocycles. The third-order valence-corrected chi connectivity index (χ3v) is 4.17. The van der Waals surface area contributed by atoms with E-state index >= 15 is 0 Å². The van der Waals surface area contributed by atoms with Crippen LogP contribution in [0, 0.1) is 5.92 Å². The van der Waals surface area contributed by atoms with E-state index in [1.807, 2.05) is 0 Å². The molecule has 2 aliphatic rings. The smallest absolute Gasteiger partial charge is 0.365 e. The van der Waals surface area contributed by atoms with Crippen LogP contribution in [0.15, 0.2) is 6.20 Å². The number of Topliss-reactive ketones (excluding diaryl/α,β-unsaturated/α-hetero) is 1. The Labute approximate surface area is 125 Å². The molecule has 3 heterocycles. The molecule has 1 saturated heterocycles. The molecule has 0 aliphatic carbocycles. The van der Waals surface area contributed by atoms with Crippen LogP contribution in [0.4, 0.5) is 24.7 Å². The van der Waals surface area contributed by atoms with Crippen molar-refractivity contribution in [3.05, 3.63) is 12.0 Å². The van der Waals surface area contributed by atoms with Crippen molar-refractivity contribution in [3.8, 4) is 0 Å². The predicted octanol–water partition coefficient (Wildman–Crippen LogP) is 2.64. The highest BCUT2D eigenvalue weighted by Gasteiger charge is 2.38. The van der Waals surface area contributed by atoms with Crippen LogP contribution >= 0.6 is 0 Å². The zero-order chi connectivity index (χ0) is 15.9. The second kappa shape index (κ2) is 5.40. The number of hydrogen-bond donors (Lipinski definition) is 1. The van der Waals surface area contributed by atoms with E-state index < -0.39 is 24.3 Å². The van der Waals surface area contributed by atoms with Crippen LogP contribution in [0.25, 0.3) is 0 Å². The number of hydrogen-bond acceptors (Lipinski definition) is 5. The molecule has 5 nitrogen and oxygen atoms in total. The van der Waals surface area contributed by atoms with Gasteiger partial charge < -0.3 is 10.2 Å². The topological polar surface area (TPSA) is 58.1 Å². The molecule has 0 saturated carbocycles. The number of aromatic nitrogens is 2. The predicted molar refractivity (Wildman–Crippen MR) is 75.1 cm³/mol. The Kier molecular flexibility index (Phi) is 3.70. The third kappa shape index (κ3) is 2.86. The highest BCUT2D eigenvalue weighted by atomic mass is 19.4. The molecule has 3 rings (SSSR count). The van der Waals surface area contributed by atoms with Gasteiger partial charge in [0.1, 0.15) is 0 Å². The molecule has 1 aromatic heterocycles. The number of fused-ring (bicyclic) bond motifs is 4. The van der Waals surface area contributed by atoms with Gasteiger partial charge in [-0.05, 0) is 12.8 Å². The number of halogens is 3. The van der Waals surface area contributed by atoms with E-state index in [4.69, 9.17) is 0 Å². The van der Waals surface area contributed by atoms with Gasteiger partial charge in [-0.15, -0.1) is 0 Å². The van der Waals surface area contributed by atoms with Gasteiger partial charge in [0.15, 0.2) is 11.6 Å². The lowest BCUT2D eigenvalue weighted by Gasteiger charge is -2.40. The molecule has 0 radical (unpaired) electrons. The second-order valence-electron chi connectivity index (χ2n) is 5.93. The van der Waals surface area contributed by atoms with Crippen molar-refractivity contribution < 1.29 is 18.0 Å². The van der Waals surface area contributed by atoms with Gasteiger partial charge in [-0.3, -0.25) is 4.79 Å². The van der Waals surface area contributed by atoms with Gasteiger partial charge >= 0.3 is 6.18 Å². The van der Waals surface area contributed by atoms with Crippen LogP contribution in [0.2, 0.25) is 0 Å². The van der Waals surface area contributed by atoms with Crippen LogP contribution in [0.3, 0.4) is 0 Å². The average molecular weight is 314 g/mol. The number of nitrogens with one attached hydrogen (secondary N) is 1. The minimum Gasteiger partial charge on any atom is -0.365 e. The summed E-state index contributed by atoms with van der Waals surface area (Å²) in [6, 6.07) is 0.271. The number of piperidine rings is 1. The summed E-state index contributed by atoms with van der Waals surface area (Å²) in [7, 11) is 0. The van der Waals surface area contributed by atoms with Crippen molar-refractivity contribution in [2.45, 2.75) is 38.4 Å². The second-order valence-corrected chi connectivity index (χ2v) is 5.93. The zero-order valence-corrected chi connectivity index (χ0v) is 12.2. The zero-order valence-electron chi connectivity index (χ0n) is 12.2. The maximum absolute atomic E-state index is 12.5. The molecule has 2 bridgehead atoms. The van der Waals surface area contributed by atoms with Crippen LogP contribution in [0.1, 0.15) is 36.8 Å². The fourth-order valence-corrected chi connectivity index (χ4v) is 2.84. The van der Waals surface area contributed by atoms with Gasteiger partial charge in [-0.1, -0.05) is 6.92 Å². The first kappa shape index (κ1) is 15.1. The molecule has 120 valence electrons. The summed E-state index contributed by atoms with van der Waals surface area (Å²) in [5.41, 5.74) is 0.816. The Morgan fingerprint density at radius 1 is 1.55 bits per heavy atom. The first-order valence-corrected chi connectivity index (χ1v) is 7.33. The third-order valence-electron chi connectivity index (χ3n) is 4.17. The highest BCUT2D eigenvalue weighted by molar-refractivity contribution is 5.93. The minimum atomic E-state index is -4.38. The summed E-state index contributed by atoms with van der Waals surface area (Å²) in [5, 5.41) is 3.24. The summed E-state index contributed by atoms with van der Waals surface area (Å²) in [4.78, 5) is 22.2. The summed E-state index contributed by atoms with van der Waals surface area (Å²) in [6.07, 6.45) is -1.39. The van der Waals surface area contributed by atoms with Gasteiger partial charge in [-0.25, -0.2) is 9.97 Å². The highest BCUT2D eigenvalue weighted by Crippen LogP contribution is 2.33. The minimum absolute atomic E-state index is 0.150. The molecule has 1 fully saturated rings. The van der Waals surface area contributed by atoms with Crippen LogP contribution in [-0.4, -0.2) is 41.1 Å². The van der Waals surface area contributed by atoms with Crippen molar-refractivity contribution in [1.82, 2.24) is 9.97 Å². The van der Waals surface area contributed by atoms with Crippen LogP contribution in [-0.2, 0) is 0 Å². The van der Waals surface area contributed by atoms with Crippen molar-refractivity contribution >= 4 is 17.3 Å². The van der Waals surface area contributed by atoms with Crippen molar-refractivity contribution in [2.24, 2.45) is 5.92 Å². The molecule has 0 spiro atoms. The lowest BCUT2D eigenvalue weighted by Crippen LogP contribution is -2.46. The van der Waals surface area contributed by atoms with Gasteiger partial charge in [0.2, 0.25) is 5.78 Å². The normalized spacial score (nSPS) is 21.8. The molecular formula is C14H17F3N4O. The molecule has 0 aromatic carbocycles. The largest absolute Gasteiger partial charge is 0.391 e. The lowest BCUT2D eigenvalue weighted by atomic mass is 10.0. The maximum Gasteiger partial charge on any atom is 0.391 e. The fraction of sp³-hybridized carbons (Fsp3) is 0.643. The molecule has 8 heteroatoms. The number of ketones is 1. The molecule has 0 unspecified atom stereocenters. The van der Waals surface area contributed by atoms with Gasteiger partial charge in [-0.2, -0.15) is 13.2 Å². The Balaban J connectivity index is 1.79. The van der Waals surface area contributed by atoms with E-state index in [0.29, 0.717) is 5.82 Å². The van der Waals surface area contributed by atoms with Crippen molar-refractivity contribution in [3.63, 3.8) is 0 Å². The van der Waals surface area contributed by atoms with Gasteiger partial charge in [0.05, 0.1) is 17.8 Å². The molecular weight excluding hydrogens is 297 g/mol. The first-order valence-electron chi connectivity index (χ1n) is 7.33. The van der Waals surface area contributed by atoms with E-state index in [-0.39, 0.29) is 11.9 Å². The molecule has 2 atom stereocenters.